The molecule has 0 saturated carbocycles. The Bertz CT molecular complexity index is 266. The van der Waals surface area contributed by atoms with E-state index >= 15 is 0 Å². The van der Waals surface area contributed by atoms with Crippen molar-refractivity contribution >= 4 is 17.7 Å². The maximum atomic E-state index is 10.6. The van der Waals surface area contributed by atoms with E-state index in [9.17, 15) is 4.79 Å². The third kappa shape index (κ3) is 2.51. The van der Waals surface area contributed by atoms with Gasteiger partial charge in [0.1, 0.15) is 5.75 Å². The molecule has 1 radical (unpaired) electrons. The Hall–Kier alpha value is -1.09. The van der Waals surface area contributed by atoms with Gasteiger partial charge in [0.25, 0.3) is 0 Å². The lowest BCUT2D eigenvalue weighted by Crippen LogP contribution is -1.93. The molecule has 1 aromatic rings. The summed E-state index contributed by atoms with van der Waals surface area (Å²) in [6.07, 6.45) is 0.319. The smallest absolute Gasteiger partial charge is 0.223 e. The first-order valence-electron chi connectivity index (χ1n) is 3.55. The van der Waals surface area contributed by atoms with E-state index in [1.165, 1.54) is 0 Å². The van der Waals surface area contributed by atoms with Crippen LogP contribution in [0.5, 0.6) is 5.75 Å². The summed E-state index contributed by atoms with van der Waals surface area (Å²) in [5.41, 5.74) is 0.927. The topological polar surface area (TPSA) is 26.3 Å². The van der Waals surface area contributed by atoms with Crippen molar-refractivity contribution in [3.8, 4) is 5.75 Å². The third-order valence-electron chi connectivity index (χ3n) is 1.51. The SMILES string of the molecule is COc1ccc(CC(=O)[S])cc1. The lowest BCUT2D eigenvalue weighted by Gasteiger charge is -1.99. The minimum Gasteiger partial charge on any atom is -0.497 e. The van der Waals surface area contributed by atoms with Crippen LogP contribution in [0, 0.1) is 0 Å². The van der Waals surface area contributed by atoms with Gasteiger partial charge in [-0.2, -0.15) is 0 Å². The average Bonchev–Trinajstić information content (AvgIpc) is 2.05. The van der Waals surface area contributed by atoms with Crippen LogP contribution < -0.4 is 4.74 Å². The molecule has 1 aromatic carbocycles. The van der Waals surface area contributed by atoms with E-state index in [-0.39, 0.29) is 5.12 Å². The molecule has 0 N–H and O–H groups in total. The summed E-state index contributed by atoms with van der Waals surface area (Å²) >= 11 is 4.45. The van der Waals surface area contributed by atoms with Crippen LogP contribution >= 0.6 is 12.6 Å². The van der Waals surface area contributed by atoms with Crippen molar-refractivity contribution in [2.45, 2.75) is 6.42 Å². The van der Waals surface area contributed by atoms with E-state index in [0.717, 1.165) is 11.3 Å². The summed E-state index contributed by atoms with van der Waals surface area (Å²) in [6, 6.07) is 7.30. The summed E-state index contributed by atoms with van der Waals surface area (Å²) in [4.78, 5) is 10.6. The molecule has 0 fully saturated rings. The zero-order chi connectivity index (χ0) is 8.97. The Labute approximate surface area is 77.0 Å². The van der Waals surface area contributed by atoms with Crippen molar-refractivity contribution in [3.05, 3.63) is 29.8 Å². The summed E-state index contributed by atoms with van der Waals surface area (Å²) in [5, 5.41) is -0.236. The van der Waals surface area contributed by atoms with Gasteiger partial charge in [-0.3, -0.25) is 4.79 Å². The number of ether oxygens (including phenoxy) is 1. The van der Waals surface area contributed by atoms with E-state index in [2.05, 4.69) is 12.6 Å². The number of hydrogen-bond acceptors (Lipinski definition) is 2. The van der Waals surface area contributed by atoms with Crippen molar-refractivity contribution in [3.63, 3.8) is 0 Å². The Kier molecular flexibility index (Phi) is 3.05. The van der Waals surface area contributed by atoms with Crippen LogP contribution in [0.1, 0.15) is 5.56 Å². The summed E-state index contributed by atoms with van der Waals surface area (Å²) in [5.74, 6) is 0.788. The number of carbonyl (C=O) groups is 1. The van der Waals surface area contributed by atoms with Crippen LogP contribution in [-0.4, -0.2) is 12.2 Å². The van der Waals surface area contributed by atoms with Gasteiger partial charge in [0.05, 0.1) is 7.11 Å². The molecule has 0 amide bonds. The molecule has 63 valence electrons. The van der Waals surface area contributed by atoms with Gasteiger partial charge in [0, 0.05) is 6.42 Å². The van der Waals surface area contributed by atoms with Gasteiger partial charge >= 0.3 is 0 Å². The lowest BCUT2D eigenvalue weighted by atomic mass is 10.2. The van der Waals surface area contributed by atoms with Gasteiger partial charge in [-0.15, -0.1) is 0 Å². The largest absolute Gasteiger partial charge is 0.497 e. The molecular weight excluding hydrogens is 172 g/mol. The molecule has 2 nitrogen and oxygen atoms in total. The van der Waals surface area contributed by atoms with Crippen LogP contribution in [0.25, 0.3) is 0 Å². The second-order valence-corrected chi connectivity index (χ2v) is 2.85. The molecule has 0 bridgehead atoms. The van der Waals surface area contributed by atoms with Gasteiger partial charge in [0.15, 0.2) is 0 Å². The van der Waals surface area contributed by atoms with Crippen molar-refractivity contribution < 1.29 is 9.53 Å². The highest BCUT2D eigenvalue weighted by molar-refractivity contribution is 7.96. The molecule has 12 heavy (non-hydrogen) atoms. The van der Waals surface area contributed by atoms with Crippen molar-refractivity contribution in [2.24, 2.45) is 0 Å². The molecule has 3 heteroatoms. The molecule has 0 unspecified atom stereocenters. The maximum absolute atomic E-state index is 10.6. The van der Waals surface area contributed by atoms with Gasteiger partial charge in [0.2, 0.25) is 5.12 Å². The van der Waals surface area contributed by atoms with Crippen molar-refractivity contribution in [1.82, 2.24) is 0 Å². The standard InChI is InChI=1S/C9H9O2S/c1-11-8-4-2-7(3-5-8)6-9(10)12/h2-5H,6H2,1H3. The predicted octanol–water partition coefficient (Wildman–Crippen LogP) is 1.96. The van der Waals surface area contributed by atoms with E-state index in [4.69, 9.17) is 4.74 Å². The summed E-state index contributed by atoms with van der Waals surface area (Å²) in [6.45, 7) is 0. The molecule has 0 saturated heterocycles. The van der Waals surface area contributed by atoms with Crippen LogP contribution in [0.15, 0.2) is 24.3 Å². The zero-order valence-corrected chi connectivity index (χ0v) is 7.56. The summed E-state index contributed by atoms with van der Waals surface area (Å²) < 4.78 is 4.96. The molecule has 0 spiro atoms. The number of carbonyl (C=O) groups excluding carboxylic acids is 1. The molecule has 0 aliphatic heterocycles. The maximum Gasteiger partial charge on any atom is 0.223 e. The van der Waals surface area contributed by atoms with Crippen LogP contribution in [0.4, 0.5) is 0 Å². The first-order valence-corrected chi connectivity index (χ1v) is 3.96. The molecule has 0 aliphatic rings. The molecule has 1 rings (SSSR count). The fraction of sp³-hybridized carbons (Fsp3) is 0.222. The first-order chi connectivity index (χ1) is 5.72. The zero-order valence-electron chi connectivity index (χ0n) is 6.74. The highest BCUT2D eigenvalue weighted by atomic mass is 32.1. The normalized spacial score (nSPS) is 9.42. The molecule has 0 aliphatic carbocycles. The van der Waals surface area contributed by atoms with E-state index in [1.807, 2.05) is 24.3 Å². The highest BCUT2D eigenvalue weighted by Crippen LogP contribution is 2.11. The first kappa shape index (κ1) is 9.00. The van der Waals surface area contributed by atoms with Crippen LogP contribution in [0.2, 0.25) is 0 Å². The molecular formula is C9H9O2S. The van der Waals surface area contributed by atoms with Crippen LogP contribution in [0.3, 0.4) is 0 Å². The fourth-order valence-corrected chi connectivity index (χ4v) is 1.08. The molecule has 0 atom stereocenters. The fourth-order valence-electron chi connectivity index (χ4n) is 0.910. The highest BCUT2D eigenvalue weighted by Gasteiger charge is 1.98. The predicted molar refractivity (Wildman–Crippen MR) is 49.3 cm³/mol. The number of benzene rings is 1. The third-order valence-corrected chi connectivity index (χ3v) is 1.65. The van der Waals surface area contributed by atoms with Gasteiger partial charge < -0.3 is 4.74 Å². The minimum atomic E-state index is -0.236. The minimum absolute atomic E-state index is 0.236. The molecule has 0 heterocycles. The van der Waals surface area contributed by atoms with E-state index in [1.54, 1.807) is 7.11 Å². The average molecular weight is 181 g/mol. The monoisotopic (exact) mass is 181 g/mol. The van der Waals surface area contributed by atoms with Gasteiger partial charge in [-0.25, -0.2) is 0 Å². The quantitative estimate of drug-likeness (QED) is 0.712. The number of rotatable bonds is 3. The Balaban J connectivity index is 2.71. The Morgan fingerprint density at radius 3 is 2.42 bits per heavy atom. The van der Waals surface area contributed by atoms with Crippen molar-refractivity contribution in [2.75, 3.05) is 7.11 Å². The van der Waals surface area contributed by atoms with E-state index in [0.29, 0.717) is 6.42 Å². The summed E-state index contributed by atoms with van der Waals surface area (Å²) in [7, 11) is 1.60. The lowest BCUT2D eigenvalue weighted by molar-refractivity contribution is -0.110. The van der Waals surface area contributed by atoms with Crippen molar-refractivity contribution in [1.29, 1.82) is 0 Å². The van der Waals surface area contributed by atoms with E-state index < -0.39 is 0 Å². The van der Waals surface area contributed by atoms with Gasteiger partial charge in [-0.1, -0.05) is 12.1 Å². The number of hydrogen-bond donors (Lipinski definition) is 0. The second-order valence-electron chi connectivity index (χ2n) is 2.40. The van der Waals surface area contributed by atoms with Gasteiger partial charge in [-0.05, 0) is 30.3 Å². The molecule has 0 aromatic heterocycles. The second kappa shape index (κ2) is 4.07. The Morgan fingerprint density at radius 1 is 1.42 bits per heavy atom. The Morgan fingerprint density at radius 2 is 2.00 bits per heavy atom. The van der Waals surface area contributed by atoms with Crippen LogP contribution in [-0.2, 0) is 11.2 Å². The number of methoxy groups -OCH3 is 1.